The summed E-state index contributed by atoms with van der Waals surface area (Å²) in [6, 6.07) is 5.78. The minimum Gasteiger partial charge on any atom is -0.497 e. The highest BCUT2D eigenvalue weighted by molar-refractivity contribution is 9.10. The van der Waals surface area contributed by atoms with Crippen LogP contribution >= 0.6 is 28.3 Å². The van der Waals surface area contributed by atoms with Crippen LogP contribution in [-0.2, 0) is 0 Å². The topological polar surface area (TPSA) is 35.2 Å². The maximum absolute atomic E-state index is 6.07. The van der Waals surface area contributed by atoms with E-state index in [4.69, 9.17) is 10.5 Å². The fourth-order valence-corrected chi connectivity index (χ4v) is 1.96. The molecule has 16 heavy (non-hydrogen) atoms. The summed E-state index contributed by atoms with van der Waals surface area (Å²) in [5.74, 6) is 0.824. The van der Waals surface area contributed by atoms with Crippen molar-refractivity contribution >= 4 is 28.3 Å². The summed E-state index contributed by atoms with van der Waals surface area (Å²) in [6.07, 6.45) is 0.783. The van der Waals surface area contributed by atoms with Crippen LogP contribution < -0.4 is 10.5 Å². The maximum Gasteiger partial charge on any atom is 0.119 e. The van der Waals surface area contributed by atoms with Gasteiger partial charge in [-0.15, -0.1) is 19.0 Å². The summed E-state index contributed by atoms with van der Waals surface area (Å²) in [7, 11) is 1.65. The van der Waals surface area contributed by atoms with Crippen LogP contribution in [0.2, 0.25) is 0 Å². The van der Waals surface area contributed by atoms with Gasteiger partial charge in [0.25, 0.3) is 0 Å². The SMILES string of the molecule is C=C(C)C[C@@H](N)c1cc(OC)ccc1Br.Cl. The lowest BCUT2D eigenvalue weighted by molar-refractivity contribution is 0.413. The quantitative estimate of drug-likeness (QED) is 0.858. The number of rotatable bonds is 4. The molecule has 1 aromatic carbocycles. The third kappa shape index (κ3) is 4.16. The van der Waals surface area contributed by atoms with Gasteiger partial charge in [-0.25, -0.2) is 0 Å². The van der Waals surface area contributed by atoms with Gasteiger partial charge in [0.15, 0.2) is 0 Å². The molecule has 0 spiro atoms. The summed E-state index contributed by atoms with van der Waals surface area (Å²) in [5, 5.41) is 0. The second-order valence-electron chi connectivity index (χ2n) is 3.66. The first-order valence-corrected chi connectivity index (χ1v) is 5.57. The Balaban J connectivity index is 0.00000225. The first-order valence-electron chi connectivity index (χ1n) is 4.78. The Bertz CT molecular complexity index is 368. The molecule has 0 aliphatic heterocycles. The number of nitrogens with two attached hydrogens (primary N) is 1. The highest BCUT2D eigenvalue weighted by Crippen LogP contribution is 2.29. The van der Waals surface area contributed by atoms with E-state index in [0.717, 1.165) is 27.8 Å². The van der Waals surface area contributed by atoms with Crippen LogP contribution in [0.3, 0.4) is 0 Å². The first kappa shape index (κ1) is 15.5. The lowest BCUT2D eigenvalue weighted by Crippen LogP contribution is -2.11. The molecule has 0 aliphatic carbocycles. The molecular weight excluding hydrogens is 289 g/mol. The first-order chi connectivity index (χ1) is 7.04. The second kappa shape index (κ2) is 6.94. The zero-order valence-corrected chi connectivity index (χ0v) is 11.9. The van der Waals surface area contributed by atoms with Gasteiger partial charge in [0.05, 0.1) is 7.11 Å². The zero-order chi connectivity index (χ0) is 11.4. The van der Waals surface area contributed by atoms with E-state index in [-0.39, 0.29) is 18.4 Å². The number of hydrogen-bond acceptors (Lipinski definition) is 2. The normalized spacial score (nSPS) is 11.5. The molecule has 1 rings (SSSR count). The van der Waals surface area contributed by atoms with E-state index in [2.05, 4.69) is 22.5 Å². The minimum absolute atomic E-state index is 0. The third-order valence-corrected chi connectivity index (χ3v) is 2.89. The number of ether oxygens (including phenoxy) is 1. The van der Waals surface area contributed by atoms with Crippen molar-refractivity contribution in [2.24, 2.45) is 5.73 Å². The molecule has 90 valence electrons. The number of benzene rings is 1. The van der Waals surface area contributed by atoms with Crippen LogP contribution in [0.5, 0.6) is 5.75 Å². The monoisotopic (exact) mass is 305 g/mol. The van der Waals surface area contributed by atoms with Crippen LogP contribution in [-0.4, -0.2) is 7.11 Å². The van der Waals surface area contributed by atoms with Crippen molar-refractivity contribution in [3.05, 3.63) is 40.4 Å². The van der Waals surface area contributed by atoms with Crippen molar-refractivity contribution in [2.75, 3.05) is 7.11 Å². The minimum atomic E-state index is -0.0352. The van der Waals surface area contributed by atoms with Gasteiger partial charge in [-0.1, -0.05) is 21.5 Å². The molecule has 0 fully saturated rings. The molecule has 4 heteroatoms. The summed E-state index contributed by atoms with van der Waals surface area (Å²) in [5.41, 5.74) is 8.21. The second-order valence-corrected chi connectivity index (χ2v) is 4.51. The summed E-state index contributed by atoms with van der Waals surface area (Å²) < 4.78 is 6.18. The van der Waals surface area contributed by atoms with Gasteiger partial charge in [0, 0.05) is 10.5 Å². The fourth-order valence-electron chi connectivity index (χ4n) is 1.42. The Labute approximate surface area is 111 Å². The van der Waals surface area contributed by atoms with Crippen LogP contribution in [0, 0.1) is 0 Å². The molecule has 0 bridgehead atoms. The lowest BCUT2D eigenvalue weighted by Gasteiger charge is -2.14. The fraction of sp³-hybridized carbons (Fsp3) is 0.333. The van der Waals surface area contributed by atoms with E-state index in [1.54, 1.807) is 7.11 Å². The average Bonchev–Trinajstić information content (AvgIpc) is 2.17. The Kier molecular flexibility index (Phi) is 6.72. The van der Waals surface area contributed by atoms with E-state index in [1.807, 2.05) is 25.1 Å². The van der Waals surface area contributed by atoms with Gasteiger partial charge in [-0.05, 0) is 37.1 Å². The van der Waals surface area contributed by atoms with Gasteiger partial charge in [-0.3, -0.25) is 0 Å². The van der Waals surface area contributed by atoms with Crippen LogP contribution in [0.4, 0.5) is 0 Å². The molecular formula is C12H17BrClNO. The molecule has 0 radical (unpaired) electrons. The average molecular weight is 307 g/mol. The highest BCUT2D eigenvalue weighted by atomic mass is 79.9. The van der Waals surface area contributed by atoms with E-state index >= 15 is 0 Å². The summed E-state index contributed by atoms with van der Waals surface area (Å²) in [4.78, 5) is 0. The molecule has 0 saturated heterocycles. The molecule has 1 aromatic rings. The summed E-state index contributed by atoms with van der Waals surface area (Å²) >= 11 is 3.48. The Hall–Kier alpha value is -0.510. The van der Waals surface area contributed by atoms with Crippen LogP contribution in [0.1, 0.15) is 24.9 Å². The van der Waals surface area contributed by atoms with Gasteiger partial charge in [-0.2, -0.15) is 0 Å². The Morgan fingerprint density at radius 1 is 1.56 bits per heavy atom. The van der Waals surface area contributed by atoms with E-state index in [9.17, 15) is 0 Å². The van der Waals surface area contributed by atoms with Crippen molar-refractivity contribution in [3.8, 4) is 5.75 Å². The zero-order valence-electron chi connectivity index (χ0n) is 9.50. The molecule has 1 atom stereocenters. The van der Waals surface area contributed by atoms with Gasteiger partial charge in [0.1, 0.15) is 5.75 Å². The number of hydrogen-bond donors (Lipinski definition) is 1. The Morgan fingerprint density at radius 2 is 2.19 bits per heavy atom. The maximum atomic E-state index is 6.07. The molecule has 0 amide bonds. The van der Waals surface area contributed by atoms with Crippen molar-refractivity contribution in [1.82, 2.24) is 0 Å². The highest BCUT2D eigenvalue weighted by Gasteiger charge is 2.11. The largest absolute Gasteiger partial charge is 0.497 e. The standard InChI is InChI=1S/C12H16BrNO.ClH/c1-8(2)6-12(14)10-7-9(15-3)4-5-11(10)13;/h4-5,7,12H,1,6,14H2,2-3H3;1H/t12-;/m1./s1. The molecule has 0 aliphatic rings. The summed E-state index contributed by atoms with van der Waals surface area (Å²) in [6.45, 7) is 5.85. The number of halogens is 2. The molecule has 0 heterocycles. The molecule has 0 saturated carbocycles. The van der Waals surface area contributed by atoms with Crippen molar-refractivity contribution < 1.29 is 4.74 Å². The predicted octanol–water partition coefficient (Wildman–Crippen LogP) is 3.85. The van der Waals surface area contributed by atoms with Crippen molar-refractivity contribution in [1.29, 1.82) is 0 Å². The lowest BCUT2D eigenvalue weighted by atomic mass is 10.0. The Morgan fingerprint density at radius 3 is 2.69 bits per heavy atom. The van der Waals surface area contributed by atoms with Crippen LogP contribution in [0.25, 0.3) is 0 Å². The van der Waals surface area contributed by atoms with Crippen LogP contribution in [0.15, 0.2) is 34.8 Å². The van der Waals surface area contributed by atoms with Gasteiger partial charge >= 0.3 is 0 Å². The molecule has 2 nitrogen and oxygen atoms in total. The van der Waals surface area contributed by atoms with Crippen molar-refractivity contribution in [2.45, 2.75) is 19.4 Å². The molecule has 0 aromatic heterocycles. The number of methoxy groups -OCH3 is 1. The molecule has 2 N–H and O–H groups in total. The van der Waals surface area contributed by atoms with Gasteiger partial charge < -0.3 is 10.5 Å². The predicted molar refractivity (Wildman–Crippen MR) is 74.3 cm³/mol. The smallest absolute Gasteiger partial charge is 0.119 e. The van der Waals surface area contributed by atoms with Gasteiger partial charge in [0.2, 0.25) is 0 Å². The molecule has 0 unspecified atom stereocenters. The van der Waals surface area contributed by atoms with E-state index in [0.29, 0.717) is 0 Å². The van der Waals surface area contributed by atoms with E-state index in [1.165, 1.54) is 0 Å². The van der Waals surface area contributed by atoms with E-state index < -0.39 is 0 Å². The third-order valence-electron chi connectivity index (χ3n) is 2.17. The van der Waals surface area contributed by atoms with Crippen molar-refractivity contribution in [3.63, 3.8) is 0 Å².